The van der Waals surface area contributed by atoms with Gasteiger partial charge in [0.05, 0.1) is 0 Å². The predicted molar refractivity (Wildman–Crippen MR) is 74.2 cm³/mol. The van der Waals surface area contributed by atoms with Gasteiger partial charge in [0.2, 0.25) is 0 Å². The summed E-state index contributed by atoms with van der Waals surface area (Å²) < 4.78 is 0. The minimum Gasteiger partial charge on any atom is -0.147 e. The fraction of sp³-hybridized carbons (Fsp3) is 0.294. The van der Waals surface area contributed by atoms with Gasteiger partial charge < -0.3 is 0 Å². The molecule has 0 unspecified atom stereocenters. The van der Waals surface area contributed by atoms with Crippen LogP contribution in [-0.2, 0) is 38.1 Å². The van der Waals surface area contributed by atoms with Crippen molar-refractivity contribution in [3.05, 3.63) is 59.7 Å². The van der Waals surface area contributed by atoms with Gasteiger partial charge >= 0.3 is 0 Å². The Kier molecular flexibility index (Phi) is 5.31. The van der Waals surface area contributed by atoms with Gasteiger partial charge in [-0.3, -0.25) is 0 Å². The smallest absolute Gasteiger partial charge is 0 e. The van der Waals surface area contributed by atoms with Gasteiger partial charge in [-0.1, -0.05) is 57.5 Å². The zero-order valence-corrected chi connectivity index (χ0v) is 14.5. The van der Waals surface area contributed by atoms with Gasteiger partial charge in [0.1, 0.15) is 0 Å². The fourth-order valence-corrected chi connectivity index (χ4v) is 1.97. The molecule has 2 aromatic carbocycles. The van der Waals surface area contributed by atoms with Crippen molar-refractivity contribution in [2.24, 2.45) is 0 Å². The second-order valence-corrected chi connectivity index (χ2v) is 5.56. The van der Waals surface area contributed by atoms with E-state index in [2.05, 4.69) is 64.1 Å². The standard InChI is InChI=1S/C17H19.Y/c1-13-7-5-6-8-16(13)14-9-11-15(12-10-14)17(2,3)4;/h5-7,9-12H,1-4H3;/q-1;. The minimum atomic E-state index is 0. The van der Waals surface area contributed by atoms with Crippen LogP contribution < -0.4 is 0 Å². The van der Waals surface area contributed by atoms with Gasteiger partial charge in [0.15, 0.2) is 0 Å². The fourth-order valence-electron chi connectivity index (χ4n) is 1.97. The van der Waals surface area contributed by atoms with E-state index < -0.39 is 0 Å². The molecular weight excluding hydrogens is 293 g/mol. The first-order valence-corrected chi connectivity index (χ1v) is 6.07. The summed E-state index contributed by atoms with van der Waals surface area (Å²) >= 11 is 0. The third-order valence-electron chi connectivity index (χ3n) is 3.10. The van der Waals surface area contributed by atoms with Gasteiger partial charge in [-0.2, -0.15) is 0 Å². The summed E-state index contributed by atoms with van der Waals surface area (Å²) in [5, 5.41) is 0. The van der Waals surface area contributed by atoms with E-state index in [4.69, 9.17) is 0 Å². The average molecular weight is 312 g/mol. The van der Waals surface area contributed by atoms with Crippen LogP contribution in [0.1, 0.15) is 31.9 Å². The van der Waals surface area contributed by atoms with Crippen molar-refractivity contribution in [1.82, 2.24) is 0 Å². The second kappa shape index (κ2) is 6.13. The molecule has 0 heterocycles. The molecular formula is C17H19Y-. The Balaban J connectivity index is 0.00000162. The van der Waals surface area contributed by atoms with E-state index in [1.165, 1.54) is 22.3 Å². The van der Waals surface area contributed by atoms with Crippen LogP contribution in [0.2, 0.25) is 0 Å². The van der Waals surface area contributed by atoms with Crippen molar-refractivity contribution in [1.29, 1.82) is 0 Å². The van der Waals surface area contributed by atoms with Crippen LogP contribution >= 0.6 is 0 Å². The molecule has 0 aromatic heterocycles. The molecule has 1 radical (unpaired) electrons. The van der Waals surface area contributed by atoms with E-state index in [0.29, 0.717) is 0 Å². The van der Waals surface area contributed by atoms with Crippen molar-refractivity contribution in [3.8, 4) is 11.1 Å². The molecule has 0 aliphatic carbocycles. The molecule has 0 bridgehead atoms. The second-order valence-electron chi connectivity index (χ2n) is 5.56. The average Bonchev–Trinajstić information content (AvgIpc) is 2.29. The van der Waals surface area contributed by atoms with Gasteiger partial charge in [-0.25, -0.2) is 0 Å². The molecule has 0 aliphatic heterocycles. The van der Waals surface area contributed by atoms with Gasteiger partial charge in [0, 0.05) is 32.7 Å². The molecule has 18 heavy (non-hydrogen) atoms. The first-order chi connectivity index (χ1) is 7.98. The molecule has 0 N–H and O–H groups in total. The third kappa shape index (κ3) is 3.52. The molecule has 0 aliphatic rings. The zero-order chi connectivity index (χ0) is 12.5. The molecule has 0 saturated carbocycles. The maximum absolute atomic E-state index is 3.31. The van der Waals surface area contributed by atoms with Crippen molar-refractivity contribution in [2.75, 3.05) is 0 Å². The number of hydrogen-bond acceptors (Lipinski definition) is 0. The van der Waals surface area contributed by atoms with Crippen molar-refractivity contribution < 1.29 is 32.7 Å². The summed E-state index contributed by atoms with van der Waals surface area (Å²) in [5.74, 6) is 0. The first-order valence-electron chi connectivity index (χ1n) is 6.07. The van der Waals surface area contributed by atoms with Crippen LogP contribution in [0.3, 0.4) is 0 Å². The monoisotopic (exact) mass is 312 g/mol. The zero-order valence-electron chi connectivity index (χ0n) is 11.6. The van der Waals surface area contributed by atoms with Crippen LogP contribution in [0.5, 0.6) is 0 Å². The maximum Gasteiger partial charge on any atom is 0 e. The SMILES string of the molecule is Cc1ccc[c-]c1-c1ccc(C(C)(C)C)cc1.[Y]. The van der Waals surface area contributed by atoms with Crippen LogP contribution in [0.25, 0.3) is 11.1 Å². The molecule has 2 aromatic rings. The summed E-state index contributed by atoms with van der Waals surface area (Å²) in [7, 11) is 0. The van der Waals surface area contributed by atoms with E-state index in [1.807, 2.05) is 12.1 Å². The van der Waals surface area contributed by atoms with Gasteiger partial charge in [0.25, 0.3) is 0 Å². The Labute approximate surface area is 136 Å². The Morgan fingerprint density at radius 2 is 1.56 bits per heavy atom. The van der Waals surface area contributed by atoms with Crippen LogP contribution in [0, 0.1) is 13.0 Å². The van der Waals surface area contributed by atoms with Gasteiger partial charge in [-0.05, 0) is 11.0 Å². The number of benzene rings is 2. The summed E-state index contributed by atoms with van der Waals surface area (Å²) in [5.41, 5.74) is 5.31. The number of aryl methyl sites for hydroxylation is 1. The van der Waals surface area contributed by atoms with Crippen molar-refractivity contribution >= 4 is 0 Å². The molecule has 1 heteroatoms. The molecule has 0 atom stereocenters. The van der Waals surface area contributed by atoms with E-state index in [1.54, 1.807) is 0 Å². The minimum absolute atomic E-state index is 0. The van der Waals surface area contributed by atoms with Crippen LogP contribution in [0.4, 0.5) is 0 Å². The Morgan fingerprint density at radius 3 is 2.06 bits per heavy atom. The number of hydrogen-bond donors (Lipinski definition) is 0. The topological polar surface area (TPSA) is 0 Å². The van der Waals surface area contributed by atoms with E-state index >= 15 is 0 Å². The molecule has 0 saturated heterocycles. The van der Waals surface area contributed by atoms with Crippen molar-refractivity contribution in [2.45, 2.75) is 33.1 Å². The predicted octanol–water partition coefficient (Wildman–Crippen LogP) is 4.76. The van der Waals surface area contributed by atoms with Crippen LogP contribution in [-0.4, -0.2) is 0 Å². The van der Waals surface area contributed by atoms with Gasteiger partial charge in [-0.15, -0.1) is 35.4 Å². The van der Waals surface area contributed by atoms with E-state index in [0.717, 1.165) is 0 Å². The molecule has 2 rings (SSSR count). The summed E-state index contributed by atoms with van der Waals surface area (Å²) in [6.07, 6.45) is 0. The molecule has 0 nitrogen and oxygen atoms in total. The normalized spacial score (nSPS) is 10.9. The van der Waals surface area contributed by atoms with Crippen molar-refractivity contribution in [3.63, 3.8) is 0 Å². The first kappa shape index (κ1) is 15.6. The molecule has 0 fully saturated rings. The molecule has 91 valence electrons. The maximum atomic E-state index is 3.31. The molecule has 0 amide bonds. The summed E-state index contributed by atoms with van der Waals surface area (Å²) in [4.78, 5) is 0. The van der Waals surface area contributed by atoms with Crippen LogP contribution in [0.15, 0.2) is 42.5 Å². The molecule has 0 spiro atoms. The number of rotatable bonds is 1. The summed E-state index contributed by atoms with van der Waals surface area (Å²) in [6, 6.07) is 18.3. The Hall–Kier alpha value is -0.456. The Morgan fingerprint density at radius 1 is 0.944 bits per heavy atom. The van der Waals surface area contributed by atoms with E-state index in [9.17, 15) is 0 Å². The largest absolute Gasteiger partial charge is 0.147 e. The Bertz CT molecular complexity index is 504. The quantitative estimate of drug-likeness (QED) is 0.666. The van der Waals surface area contributed by atoms with E-state index in [-0.39, 0.29) is 38.1 Å². The summed E-state index contributed by atoms with van der Waals surface area (Å²) in [6.45, 7) is 8.84. The third-order valence-corrected chi connectivity index (χ3v) is 3.10.